The van der Waals surface area contributed by atoms with E-state index in [4.69, 9.17) is 0 Å². The van der Waals surface area contributed by atoms with E-state index in [9.17, 15) is 18.8 Å². The highest BCUT2D eigenvalue weighted by atomic mass is 19.1. The lowest BCUT2D eigenvalue weighted by Crippen LogP contribution is -2.46. The summed E-state index contributed by atoms with van der Waals surface area (Å²) >= 11 is 0. The van der Waals surface area contributed by atoms with Crippen LogP contribution < -0.4 is 16.6 Å². The fourth-order valence-corrected chi connectivity index (χ4v) is 3.64. The predicted molar refractivity (Wildman–Crippen MR) is 131 cm³/mol. The van der Waals surface area contributed by atoms with Crippen LogP contribution in [0.15, 0.2) is 82.4 Å². The third kappa shape index (κ3) is 5.11. The molecule has 0 aliphatic rings. The molecule has 4 rings (SSSR count). The maximum Gasteiger partial charge on any atom is 0.352 e. The summed E-state index contributed by atoms with van der Waals surface area (Å²) in [5, 5.41) is 6.83. The Labute approximate surface area is 201 Å². The summed E-state index contributed by atoms with van der Waals surface area (Å²) in [5.41, 5.74) is 1.02. The van der Waals surface area contributed by atoms with Crippen molar-refractivity contribution in [2.45, 2.75) is 33.4 Å². The number of nitrogens with zero attached hydrogens (tertiary/aromatic N) is 3. The van der Waals surface area contributed by atoms with Gasteiger partial charge in [0.25, 0.3) is 11.5 Å². The molecule has 1 aromatic heterocycles. The minimum absolute atomic E-state index is 0.0661. The summed E-state index contributed by atoms with van der Waals surface area (Å²) in [7, 11) is 0. The number of halogens is 1. The summed E-state index contributed by atoms with van der Waals surface area (Å²) in [4.78, 5) is 39.7. The monoisotopic (exact) mass is 472 g/mol. The third-order valence-electron chi connectivity index (χ3n) is 5.78. The minimum atomic E-state index is -0.822. The predicted octanol–water partition coefficient (Wildman–Crippen LogP) is 3.69. The van der Waals surface area contributed by atoms with E-state index < -0.39 is 34.7 Å². The van der Waals surface area contributed by atoms with Crippen molar-refractivity contribution in [1.82, 2.24) is 19.7 Å². The summed E-state index contributed by atoms with van der Waals surface area (Å²) in [6, 6.07) is 20.3. The molecular formula is C27H25FN4O3. The van der Waals surface area contributed by atoms with E-state index in [-0.39, 0.29) is 12.2 Å². The number of aryl methyl sites for hydroxylation is 2. The van der Waals surface area contributed by atoms with Gasteiger partial charge in [0.05, 0.1) is 18.3 Å². The number of amides is 1. The maximum absolute atomic E-state index is 14.3. The molecule has 0 saturated carbocycles. The lowest BCUT2D eigenvalue weighted by Gasteiger charge is -2.16. The third-order valence-corrected chi connectivity index (χ3v) is 5.78. The molecule has 0 radical (unpaired) electrons. The van der Waals surface area contributed by atoms with E-state index in [1.165, 1.54) is 12.1 Å². The van der Waals surface area contributed by atoms with Gasteiger partial charge in [-0.3, -0.25) is 14.2 Å². The Balaban J connectivity index is 1.82. The summed E-state index contributed by atoms with van der Waals surface area (Å²) in [5.74, 6) is -1.26. The van der Waals surface area contributed by atoms with Crippen molar-refractivity contribution < 1.29 is 9.18 Å². The molecule has 0 aliphatic heterocycles. The molecule has 0 saturated heterocycles. The second kappa shape index (κ2) is 9.89. The zero-order valence-electron chi connectivity index (χ0n) is 19.7. The largest absolute Gasteiger partial charge is 0.352 e. The highest BCUT2D eigenvalue weighted by molar-refractivity contribution is 5.92. The van der Waals surface area contributed by atoms with Crippen LogP contribution in [0.2, 0.25) is 0 Å². The smallest absolute Gasteiger partial charge is 0.344 e. The Morgan fingerprint density at radius 1 is 1.00 bits per heavy atom. The standard InChI is InChI=1S/C27H25FN4O3/c1-17-9-12-20(13-10-17)16-31-26(34)24(25(33)29-19(3)21-7-5-4-6-8-21)30-32(27(31)35)22-14-11-18(2)23(28)15-22/h4-15,19H,16H2,1-3H3,(H,29,33)/t19-/m0/s1. The van der Waals surface area contributed by atoms with Gasteiger partial charge in [0.2, 0.25) is 5.69 Å². The van der Waals surface area contributed by atoms with Crippen LogP contribution in [0.3, 0.4) is 0 Å². The van der Waals surface area contributed by atoms with Gasteiger partial charge in [0.1, 0.15) is 5.82 Å². The van der Waals surface area contributed by atoms with Gasteiger partial charge in [0, 0.05) is 6.07 Å². The van der Waals surface area contributed by atoms with Crippen LogP contribution in [-0.2, 0) is 6.54 Å². The molecule has 1 N–H and O–H groups in total. The number of benzene rings is 3. The molecule has 1 atom stereocenters. The average Bonchev–Trinajstić information content (AvgIpc) is 2.85. The first kappa shape index (κ1) is 23.8. The topological polar surface area (TPSA) is 86.0 Å². The van der Waals surface area contributed by atoms with Gasteiger partial charge in [-0.1, -0.05) is 66.2 Å². The number of carbonyl (C=O) groups is 1. The Morgan fingerprint density at radius 2 is 1.69 bits per heavy atom. The zero-order chi connectivity index (χ0) is 25.1. The van der Waals surface area contributed by atoms with E-state index in [2.05, 4.69) is 10.4 Å². The SMILES string of the molecule is Cc1ccc(Cn2c(=O)c(C(=O)N[C@@H](C)c3ccccc3)nn(-c3ccc(C)c(F)c3)c2=O)cc1. The van der Waals surface area contributed by atoms with Crippen molar-refractivity contribution in [2.75, 3.05) is 0 Å². The summed E-state index contributed by atoms with van der Waals surface area (Å²) in [6.45, 7) is 5.24. The number of nitrogens with one attached hydrogen (secondary N) is 1. The highest BCUT2D eigenvalue weighted by Crippen LogP contribution is 2.13. The lowest BCUT2D eigenvalue weighted by atomic mass is 10.1. The molecule has 1 amide bonds. The van der Waals surface area contributed by atoms with Gasteiger partial charge in [-0.25, -0.2) is 9.18 Å². The van der Waals surface area contributed by atoms with Crippen LogP contribution in [0, 0.1) is 19.7 Å². The second-order valence-corrected chi connectivity index (χ2v) is 8.46. The Morgan fingerprint density at radius 3 is 2.34 bits per heavy atom. The van der Waals surface area contributed by atoms with Gasteiger partial charge in [-0.2, -0.15) is 9.78 Å². The van der Waals surface area contributed by atoms with Gasteiger partial charge in [0.15, 0.2) is 0 Å². The molecule has 0 fully saturated rings. The molecule has 1 heterocycles. The zero-order valence-corrected chi connectivity index (χ0v) is 19.7. The fraction of sp³-hybridized carbons (Fsp3) is 0.185. The van der Waals surface area contributed by atoms with Crippen LogP contribution in [0.25, 0.3) is 5.69 Å². The molecule has 178 valence electrons. The Kier molecular flexibility index (Phi) is 6.73. The number of hydrogen-bond acceptors (Lipinski definition) is 4. The molecular weight excluding hydrogens is 447 g/mol. The summed E-state index contributed by atoms with van der Waals surface area (Å²) in [6.07, 6.45) is 0. The van der Waals surface area contributed by atoms with Crippen molar-refractivity contribution >= 4 is 5.91 Å². The number of hydrogen-bond donors (Lipinski definition) is 1. The molecule has 0 unspecified atom stereocenters. The van der Waals surface area contributed by atoms with Crippen molar-refractivity contribution in [2.24, 2.45) is 0 Å². The van der Waals surface area contributed by atoms with Crippen molar-refractivity contribution in [1.29, 1.82) is 0 Å². The first-order valence-corrected chi connectivity index (χ1v) is 11.2. The normalized spacial score (nSPS) is 11.8. The van der Waals surface area contributed by atoms with Crippen LogP contribution in [0.1, 0.15) is 45.7 Å². The quantitative estimate of drug-likeness (QED) is 0.464. The van der Waals surface area contributed by atoms with Gasteiger partial charge in [-0.05, 0) is 43.5 Å². The summed E-state index contributed by atoms with van der Waals surface area (Å²) < 4.78 is 16.1. The minimum Gasteiger partial charge on any atom is -0.344 e. The Bertz CT molecular complexity index is 1490. The van der Waals surface area contributed by atoms with E-state index in [0.29, 0.717) is 11.1 Å². The molecule has 0 aliphatic carbocycles. The second-order valence-electron chi connectivity index (χ2n) is 8.46. The molecule has 3 aromatic carbocycles. The van der Waals surface area contributed by atoms with Crippen molar-refractivity contribution in [3.63, 3.8) is 0 Å². The first-order valence-electron chi connectivity index (χ1n) is 11.2. The molecule has 7 nitrogen and oxygen atoms in total. The van der Waals surface area contributed by atoms with E-state index in [1.54, 1.807) is 26.0 Å². The van der Waals surface area contributed by atoms with E-state index in [0.717, 1.165) is 26.4 Å². The number of aromatic nitrogens is 3. The molecule has 8 heteroatoms. The van der Waals surface area contributed by atoms with E-state index in [1.807, 2.05) is 49.4 Å². The molecule has 0 spiro atoms. The molecule has 35 heavy (non-hydrogen) atoms. The van der Waals surface area contributed by atoms with Crippen molar-refractivity contribution in [3.05, 3.63) is 127 Å². The maximum atomic E-state index is 14.3. The Hall–Kier alpha value is -4.33. The van der Waals surface area contributed by atoms with Crippen LogP contribution in [-0.4, -0.2) is 20.3 Å². The van der Waals surface area contributed by atoms with E-state index >= 15 is 0 Å². The first-order chi connectivity index (χ1) is 16.7. The molecule has 4 aromatic rings. The van der Waals surface area contributed by atoms with Crippen LogP contribution >= 0.6 is 0 Å². The lowest BCUT2D eigenvalue weighted by molar-refractivity contribution is 0.0930. The number of rotatable bonds is 6. The van der Waals surface area contributed by atoms with Crippen LogP contribution in [0.4, 0.5) is 4.39 Å². The van der Waals surface area contributed by atoms with Gasteiger partial charge < -0.3 is 5.32 Å². The fourth-order valence-electron chi connectivity index (χ4n) is 3.64. The van der Waals surface area contributed by atoms with Crippen molar-refractivity contribution in [3.8, 4) is 5.69 Å². The number of carbonyl (C=O) groups excluding carboxylic acids is 1. The average molecular weight is 473 g/mol. The highest BCUT2D eigenvalue weighted by Gasteiger charge is 2.22. The van der Waals surface area contributed by atoms with Crippen LogP contribution in [0.5, 0.6) is 0 Å². The van der Waals surface area contributed by atoms with Gasteiger partial charge in [-0.15, -0.1) is 0 Å². The van der Waals surface area contributed by atoms with Gasteiger partial charge >= 0.3 is 5.69 Å². The molecule has 0 bridgehead atoms.